The highest BCUT2D eigenvalue weighted by Gasteiger charge is 2.36. The van der Waals surface area contributed by atoms with Crippen LogP contribution in [0.3, 0.4) is 0 Å². The van der Waals surface area contributed by atoms with E-state index in [0.29, 0.717) is 16.9 Å². The van der Waals surface area contributed by atoms with Crippen LogP contribution in [0.4, 0.5) is 11.4 Å². The Morgan fingerprint density at radius 2 is 1.81 bits per heavy atom. The molecule has 3 aliphatic carbocycles. The number of hydrogen-bond donors (Lipinski definition) is 2. The Hall–Kier alpha value is -1.74. The van der Waals surface area contributed by atoms with Crippen molar-refractivity contribution >= 4 is 23.0 Å². The summed E-state index contributed by atoms with van der Waals surface area (Å²) in [6.45, 7) is 0. The first-order valence-electron chi connectivity index (χ1n) is 7.50. The molecule has 21 heavy (non-hydrogen) atoms. The van der Waals surface area contributed by atoms with Crippen molar-refractivity contribution in [3.8, 4) is 0 Å². The lowest BCUT2D eigenvalue weighted by atomic mass is 9.67. The fraction of sp³-hybridized carbons (Fsp3) is 0.353. The first-order valence-corrected chi connectivity index (χ1v) is 7.88. The molecule has 0 saturated heterocycles. The van der Waals surface area contributed by atoms with Crippen LogP contribution in [0, 0.1) is 0 Å². The van der Waals surface area contributed by atoms with E-state index in [-0.39, 0.29) is 5.56 Å². The monoisotopic (exact) mass is 300 g/mol. The average molecular weight is 301 g/mol. The van der Waals surface area contributed by atoms with Gasteiger partial charge in [0, 0.05) is 22.5 Å². The molecule has 0 atom stereocenters. The normalized spacial score (nSPS) is 22.9. The van der Waals surface area contributed by atoms with Gasteiger partial charge >= 0.3 is 0 Å². The molecule has 1 aromatic heterocycles. The lowest BCUT2D eigenvalue weighted by Crippen LogP contribution is -2.30. The molecule has 5 rings (SSSR count). The van der Waals surface area contributed by atoms with Gasteiger partial charge in [-0.1, -0.05) is 17.7 Å². The molecule has 3 nitrogen and oxygen atoms in total. The summed E-state index contributed by atoms with van der Waals surface area (Å²) in [6.07, 6.45) is 6.52. The van der Waals surface area contributed by atoms with Gasteiger partial charge in [0.1, 0.15) is 0 Å². The lowest BCUT2D eigenvalue weighted by molar-refractivity contribution is 0.356. The van der Waals surface area contributed by atoms with E-state index < -0.39 is 0 Å². The highest BCUT2D eigenvalue weighted by atomic mass is 35.5. The second-order valence-electron chi connectivity index (χ2n) is 6.04. The van der Waals surface area contributed by atoms with Gasteiger partial charge in [0.2, 0.25) is 0 Å². The summed E-state index contributed by atoms with van der Waals surface area (Å²) in [5.74, 6) is 0.962. The van der Waals surface area contributed by atoms with Gasteiger partial charge in [-0.25, -0.2) is 0 Å². The third-order valence-corrected chi connectivity index (χ3v) is 5.05. The lowest BCUT2D eigenvalue weighted by Gasteiger charge is -2.38. The minimum absolute atomic E-state index is 0.0936. The Bertz CT molecular complexity index is 745. The van der Waals surface area contributed by atoms with E-state index in [1.807, 2.05) is 30.5 Å². The van der Waals surface area contributed by atoms with E-state index in [2.05, 4.69) is 10.3 Å². The van der Waals surface area contributed by atoms with Crippen molar-refractivity contribution in [2.75, 3.05) is 5.32 Å². The van der Waals surface area contributed by atoms with Crippen LogP contribution in [0.2, 0.25) is 5.02 Å². The number of halogens is 1. The zero-order chi connectivity index (χ0) is 14.4. The molecular weight excluding hydrogens is 284 g/mol. The van der Waals surface area contributed by atoms with Crippen LogP contribution in [-0.2, 0) is 0 Å². The van der Waals surface area contributed by atoms with Crippen LogP contribution in [-0.4, -0.2) is 4.98 Å². The average Bonchev–Trinajstić information content (AvgIpc) is 2.51. The SMILES string of the molecule is O=c1[nH]cc(Nc2cccc(Cl)c2)c2c1C1CCC2CC1. The molecule has 1 aromatic carbocycles. The van der Waals surface area contributed by atoms with Gasteiger partial charge < -0.3 is 10.3 Å². The van der Waals surface area contributed by atoms with Gasteiger partial charge in [0.25, 0.3) is 5.56 Å². The molecule has 3 aliphatic rings. The Labute approximate surface area is 128 Å². The third kappa shape index (κ3) is 2.16. The van der Waals surface area contributed by atoms with E-state index in [0.717, 1.165) is 29.8 Å². The number of aromatic nitrogens is 1. The van der Waals surface area contributed by atoms with Gasteiger partial charge in [-0.3, -0.25) is 4.79 Å². The summed E-state index contributed by atoms with van der Waals surface area (Å²) in [4.78, 5) is 15.1. The maximum absolute atomic E-state index is 12.2. The van der Waals surface area contributed by atoms with Crippen molar-refractivity contribution in [2.45, 2.75) is 37.5 Å². The molecule has 0 unspecified atom stereocenters. The molecule has 108 valence electrons. The van der Waals surface area contributed by atoms with Crippen LogP contribution in [0.1, 0.15) is 48.6 Å². The van der Waals surface area contributed by atoms with Crippen molar-refractivity contribution in [2.24, 2.45) is 0 Å². The Morgan fingerprint density at radius 1 is 1.10 bits per heavy atom. The molecule has 2 aromatic rings. The number of rotatable bonds is 2. The smallest absolute Gasteiger partial charge is 0.251 e. The van der Waals surface area contributed by atoms with Crippen LogP contribution in [0.25, 0.3) is 0 Å². The number of anilines is 2. The zero-order valence-corrected chi connectivity index (χ0v) is 12.4. The standard InChI is InChI=1S/C17H17ClN2O/c18-12-2-1-3-13(8-12)20-14-9-19-17(21)16-11-6-4-10(5-7-11)15(14)16/h1-3,8-11,20H,4-7H2,(H,19,21). The maximum Gasteiger partial charge on any atom is 0.251 e. The molecule has 0 aliphatic heterocycles. The molecule has 1 fully saturated rings. The van der Waals surface area contributed by atoms with Crippen molar-refractivity contribution < 1.29 is 0 Å². The summed E-state index contributed by atoms with van der Waals surface area (Å²) in [7, 11) is 0. The first-order chi connectivity index (χ1) is 10.2. The number of pyridine rings is 1. The van der Waals surface area contributed by atoms with Crippen LogP contribution in [0.5, 0.6) is 0 Å². The minimum Gasteiger partial charge on any atom is -0.354 e. The molecule has 2 N–H and O–H groups in total. The van der Waals surface area contributed by atoms with Gasteiger partial charge in [0.05, 0.1) is 5.69 Å². The highest BCUT2D eigenvalue weighted by molar-refractivity contribution is 6.30. The molecule has 0 spiro atoms. The molecule has 1 heterocycles. The molecular formula is C17H17ClN2O. The van der Waals surface area contributed by atoms with E-state index in [1.165, 1.54) is 18.4 Å². The van der Waals surface area contributed by atoms with Crippen molar-refractivity contribution in [3.05, 3.63) is 57.0 Å². The van der Waals surface area contributed by atoms with E-state index in [9.17, 15) is 4.79 Å². The van der Waals surface area contributed by atoms with E-state index in [1.54, 1.807) is 0 Å². The summed E-state index contributed by atoms with van der Waals surface area (Å²) >= 11 is 6.04. The molecule has 2 bridgehead atoms. The number of benzene rings is 1. The quantitative estimate of drug-likeness (QED) is 0.856. The van der Waals surface area contributed by atoms with Crippen molar-refractivity contribution in [1.82, 2.24) is 4.98 Å². The van der Waals surface area contributed by atoms with Crippen LogP contribution in [0.15, 0.2) is 35.3 Å². The van der Waals surface area contributed by atoms with Crippen LogP contribution >= 0.6 is 11.6 Å². The zero-order valence-electron chi connectivity index (χ0n) is 11.7. The summed E-state index contributed by atoms with van der Waals surface area (Å²) in [5.41, 5.74) is 4.33. The highest BCUT2D eigenvalue weighted by Crippen LogP contribution is 2.50. The fourth-order valence-corrected chi connectivity index (χ4v) is 4.09. The van der Waals surface area contributed by atoms with Gasteiger partial charge in [-0.05, 0) is 61.3 Å². The number of fused-ring (bicyclic) bond motifs is 2. The third-order valence-electron chi connectivity index (χ3n) is 4.82. The topological polar surface area (TPSA) is 44.9 Å². The van der Waals surface area contributed by atoms with E-state index >= 15 is 0 Å². The summed E-state index contributed by atoms with van der Waals surface area (Å²) < 4.78 is 0. The predicted octanol–water partition coefficient (Wildman–Crippen LogP) is 4.53. The number of H-pyrrole nitrogens is 1. The van der Waals surface area contributed by atoms with Gasteiger partial charge in [-0.2, -0.15) is 0 Å². The van der Waals surface area contributed by atoms with E-state index in [4.69, 9.17) is 11.6 Å². The van der Waals surface area contributed by atoms with Gasteiger partial charge in [0.15, 0.2) is 0 Å². The minimum atomic E-state index is 0.0936. The first kappa shape index (κ1) is 13.0. The van der Waals surface area contributed by atoms with Crippen molar-refractivity contribution in [1.29, 1.82) is 0 Å². The molecule has 4 heteroatoms. The van der Waals surface area contributed by atoms with Crippen molar-refractivity contribution in [3.63, 3.8) is 0 Å². The fourth-order valence-electron chi connectivity index (χ4n) is 3.90. The molecule has 0 amide bonds. The van der Waals surface area contributed by atoms with Crippen LogP contribution < -0.4 is 10.9 Å². The predicted molar refractivity (Wildman–Crippen MR) is 85.7 cm³/mol. The molecule has 1 saturated carbocycles. The second-order valence-corrected chi connectivity index (χ2v) is 6.48. The van der Waals surface area contributed by atoms with Gasteiger partial charge in [-0.15, -0.1) is 0 Å². The second kappa shape index (κ2) is 4.92. The Morgan fingerprint density at radius 3 is 2.52 bits per heavy atom. The number of hydrogen-bond acceptors (Lipinski definition) is 2. The molecule has 0 radical (unpaired) electrons. The number of aromatic amines is 1. The summed E-state index contributed by atoms with van der Waals surface area (Å²) in [5, 5.41) is 4.14. The number of nitrogens with one attached hydrogen (secondary N) is 2. The Kier molecular flexibility index (Phi) is 3.03. The summed E-state index contributed by atoms with van der Waals surface area (Å²) in [6, 6.07) is 7.68. The maximum atomic E-state index is 12.2. The Balaban J connectivity index is 1.81. The largest absolute Gasteiger partial charge is 0.354 e.